The lowest BCUT2D eigenvalue weighted by Gasteiger charge is -2.15. The van der Waals surface area contributed by atoms with Crippen molar-refractivity contribution < 1.29 is 4.79 Å². The fraction of sp³-hybridized carbons (Fsp3) is 0.308. The number of nitrogens with one attached hydrogen (secondary N) is 1. The molecule has 0 heterocycles. The van der Waals surface area contributed by atoms with Gasteiger partial charge in [0, 0.05) is 23.9 Å². The molecule has 1 aromatic rings. The average Bonchev–Trinajstić information content (AvgIpc) is 2.22. The van der Waals surface area contributed by atoms with Crippen LogP contribution >= 0.6 is 0 Å². The van der Waals surface area contributed by atoms with Crippen LogP contribution in [0.3, 0.4) is 0 Å². The molecule has 1 aliphatic rings. The molecule has 15 heavy (non-hydrogen) atoms. The molecule has 0 amide bonds. The van der Waals surface area contributed by atoms with Crippen LogP contribution < -0.4 is 5.32 Å². The Bertz CT molecular complexity index is 407. The summed E-state index contributed by atoms with van der Waals surface area (Å²) in [5, 5.41) is 3.32. The minimum atomic E-state index is 0.234. The maximum Gasteiger partial charge on any atom is 0.157 e. The Labute approximate surface area is 90.0 Å². The maximum absolute atomic E-state index is 11.2. The zero-order chi connectivity index (χ0) is 10.7. The summed E-state index contributed by atoms with van der Waals surface area (Å²) in [6.07, 6.45) is 4.36. The lowest BCUT2D eigenvalue weighted by molar-refractivity contribution is -0.115. The van der Waals surface area contributed by atoms with E-state index >= 15 is 0 Å². The van der Waals surface area contributed by atoms with Crippen molar-refractivity contribution in [2.45, 2.75) is 26.2 Å². The molecule has 0 fully saturated rings. The number of allylic oxidation sites excluding steroid dienone is 2. The SMILES string of the molecule is Cc1ccccc1NC1=CC(=O)CCC1. The second-order valence-electron chi connectivity index (χ2n) is 3.93. The third-order valence-corrected chi connectivity index (χ3v) is 2.64. The smallest absolute Gasteiger partial charge is 0.157 e. The first-order valence-corrected chi connectivity index (χ1v) is 5.32. The lowest BCUT2D eigenvalue weighted by Crippen LogP contribution is -2.09. The predicted molar refractivity (Wildman–Crippen MR) is 61.7 cm³/mol. The van der Waals surface area contributed by atoms with E-state index in [0.717, 1.165) is 24.2 Å². The van der Waals surface area contributed by atoms with Crippen LogP contribution in [-0.2, 0) is 4.79 Å². The van der Waals surface area contributed by atoms with Crippen LogP contribution in [0.25, 0.3) is 0 Å². The summed E-state index contributed by atoms with van der Waals surface area (Å²) in [5.74, 6) is 0.234. The Kier molecular flexibility index (Phi) is 2.86. The van der Waals surface area contributed by atoms with Gasteiger partial charge >= 0.3 is 0 Å². The molecular weight excluding hydrogens is 186 g/mol. The molecule has 2 nitrogen and oxygen atoms in total. The van der Waals surface area contributed by atoms with E-state index in [0.29, 0.717) is 6.42 Å². The molecule has 0 radical (unpaired) electrons. The molecular formula is C13H15NO. The van der Waals surface area contributed by atoms with E-state index in [-0.39, 0.29) is 5.78 Å². The number of hydrogen-bond acceptors (Lipinski definition) is 2. The number of para-hydroxylation sites is 1. The van der Waals surface area contributed by atoms with Gasteiger partial charge in [-0.25, -0.2) is 0 Å². The second-order valence-corrected chi connectivity index (χ2v) is 3.93. The zero-order valence-electron chi connectivity index (χ0n) is 8.92. The molecule has 0 aliphatic heterocycles. The Hall–Kier alpha value is -1.57. The number of benzene rings is 1. The van der Waals surface area contributed by atoms with Crippen LogP contribution in [0.2, 0.25) is 0 Å². The van der Waals surface area contributed by atoms with E-state index in [4.69, 9.17) is 0 Å². The van der Waals surface area contributed by atoms with E-state index in [1.54, 1.807) is 6.08 Å². The molecule has 2 heteroatoms. The standard InChI is InChI=1S/C13H15NO/c1-10-5-2-3-8-13(10)14-11-6-4-7-12(15)9-11/h2-3,5,8-9,14H,4,6-7H2,1H3. The van der Waals surface area contributed by atoms with Crippen molar-refractivity contribution in [3.8, 4) is 0 Å². The van der Waals surface area contributed by atoms with Gasteiger partial charge in [0.2, 0.25) is 0 Å². The molecule has 2 rings (SSSR count). The molecule has 0 saturated carbocycles. The zero-order valence-corrected chi connectivity index (χ0v) is 8.92. The fourth-order valence-electron chi connectivity index (χ4n) is 1.78. The van der Waals surface area contributed by atoms with Gasteiger partial charge in [0.25, 0.3) is 0 Å². The molecule has 1 N–H and O–H groups in total. The summed E-state index contributed by atoms with van der Waals surface area (Å²) in [4.78, 5) is 11.2. The van der Waals surface area contributed by atoms with Crippen LogP contribution in [0, 0.1) is 6.92 Å². The van der Waals surface area contributed by atoms with E-state index in [9.17, 15) is 4.79 Å². The number of carbonyl (C=O) groups is 1. The molecule has 0 saturated heterocycles. The monoisotopic (exact) mass is 201 g/mol. The van der Waals surface area contributed by atoms with Gasteiger partial charge in [0.1, 0.15) is 0 Å². The molecule has 0 bridgehead atoms. The summed E-state index contributed by atoms with van der Waals surface area (Å²) in [6, 6.07) is 8.12. The summed E-state index contributed by atoms with van der Waals surface area (Å²) in [7, 11) is 0. The summed E-state index contributed by atoms with van der Waals surface area (Å²) in [5.41, 5.74) is 3.34. The Balaban J connectivity index is 2.15. The van der Waals surface area contributed by atoms with Crippen molar-refractivity contribution in [3.63, 3.8) is 0 Å². The highest BCUT2D eigenvalue weighted by molar-refractivity contribution is 5.91. The van der Waals surface area contributed by atoms with E-state index < -0.39 is 0 Å². The molecule has 0 aromatic heterocycles. The molecule has 0 atom stereocenters. The highest BCUT2D eigenvalue weighted by Gasteiger charge is 2.10. The highest BCUT2D eigenvalue weighted by atomic mass is 16.1. The normalized spacial score (nSPS) is 16.1. The van der Waals surface area contributed by atoms with Gasteiger partial charge in [-0.2, -0.15) is 0 Å². The number of anilines is 1. The second kappa shape index (κ2) is 4.30. The van der Waals surface area contributed by atoms with Crippen molar-refractivity contribution in [3.05, 3.63) is 41.6 Å². The number of ketones is 1. The van der Waals surface area contributed by atoms with Crippen molar-refractivity contribution in [1.82, 2.24) is 0 Å². The van der Waals surface area contributed by atoms with E-state index in [1.165, 1.54) is 5.56 Å². The van der Waals surface area contributed by atoms with Gasteiger partial charge < -0.3 is 5.32 Å². The molecule has 0 unspecified atom stereocenters. The topological polar surface area (TPSA) is 29.1 Å². The third-order valence-electron chi connectivity index (χ3n) is 2.64. The van der Waals surface area contributed by atoms with Gasteiger partial charge in [-0.1, -0.05) is 18.2 Å². The first-order valence-electron chi connectivity index (χ1n) is 5.32. The lowest BCUT2D eigenvalue weighted by atomic mass is 10.0. The van der Waals surface area contributed by atoms with Gasteiger partial charge in [-0.05, 0) is 31.4 Å². The van der Waals surface area contributed by atoms with Crippen molar-refractivity contribution >= 4 is 11.5 Å². The number of carbonyl (C=O) groups excluding carboxylic acids is 1. The van der Waals surface area contributed by atoms with Crippen LogP contribution in [0.5, 0.6) is 0 Å². The van der Waals surface area contributed by atoms with Crippen LogP contribution in [0.4, 0.5) is 5.69 Å². The van der Waals surface area contributed by atoms with Gasteiger partial charge in [-0.15, -0.1) is 0 Å². The van der Waals surface area contributed by atoms with Gasteiger partial charge in [0.05, 0.1) is 0 Å². The Morgan fingerprint density at radius 2 is 2.00 bits per heavy atom. The molecule has 78 valence electrons. The minimum Gasteiger partial charge on any atom is -0.359 e. The number of rotatable bonds is 2. The summed E-state index contributed by atoms with van der Waals surface area (Å²) >= 11 is 0. The van der Waals surface area contributed by atoms with Crippen molar-refractivity contribution in [2.24, 2.45) is 0 Å². The van der Waals surface area contributed by atoms with Gasteiger partial charge in [-0.3, -0.25) is 4.79 Å². The minimum absolute atomic E-state index is 0.234. The van der Waals surface area contributed by atoms with Gasteiger partial charge in [0.15, 0.2) is 5.78 Å². The largest absolute Gasteiger partial charge is 0.359 e. The summed E-state index contributed by atoms with van der Waals surface area (Å²) < 4.78 is 0. The van der Waals surface area contributed by atoms with Crippen molar-refractivity contribution in [2.75, 3.05) is 5.32 Å². The highest BCUT2D eigenvalue weighted by Crippen LogP contribution is 2.20. The maximum atomic E-state index is 11.2. The van der Waals surface area contributed by atoms with E-state index in [2.05, 4.69) is 18.3 Å². The number of aryl methyl sites for hydroxylation is 1. The first kappa shape index (κ1) is 9.97. The van der Waals surface area contributed by atoms with Crippen LogP contribution in [-0.4, -0.2) is 5.78 Å². The van der Waals surface area contributed by atoms with Crippen LogP contribution in [0.1, 0.15) is 24.8 Å². The quantitative estimate of drug-likeness (QED) is 0.796. The first-order chi connectivity index (χ1) is 7.25. The average molecular weight is 201 g/mol. The Morgan fingerprint density at radius 3 is 2.73 bits per heavy atom. The third kappa shape index (κ3) is 2.46. The van der Waals surface area contributed by atoms with Crippen LogP contribution in [0.15, 0.2) is 36.0 Å². The van der Waals surface area contributed by atoms with E-state index in [1.807, 2.05) is 18.2 Å². The predicted octanol–water partition coefficient (Wildman–Crippen LogP) is 3.04. The fourth-order valence-corrected chi connectivity index (χ4v) is 1.78. The summed E-state index contributed by atoms with van der Waals surface area (Å²) in [6.45, 7) is 2.06. The Morgan fingerprint density at radius 1 is 1.20 bits per heavy atom. The molecule has 1 aliphatic carbocycles. The molecule has 0 spiro atoms. The number of hydrogen-bond donors (Lipinski definition) is 1. The molecule has 1 aromatic carbocycles. The van der Waals surface area contributed by atoms with Crippen molar-refractivity contribution in [1.29, 1.82) is 0 Å².